The Labute approximate surface area is 172 Å². The summed E-state index contributed by atoms with van der Waals surface area (Å²) < 4.78 is 6.70. The Morgan fingerprint density at radius 2 is 1.93 bits per heavy atom. The van der Waals surface area contributed by atoms with Crippen LogP contribution in [0.4, 0.5) is 5.69 Å². The maximum absolute atomic E-state index is 13.7. The Kier molecular flexibility index (Phi) is 5.22. The molecule has 0 N–H and O–H groups in total. The number of methoxy groups -OCH3 is 1. The van der Waals surface area contributed by atoms with Crippen LogP contribution in [0.2, 0.25) is 0 Å². The number of rotatable bonds is 5. The first-order chi connectivity index (χ1) is 14.5. The largest absolute Gasteiger partial charge is 0.467 e. The van der Waals surface area contributed by atoms with Crippen LogP contribution in [0.1, 0.15) is 24.4 Å². The molecule has 8 heteroatoms. The van der Waals surface area contributed by atoms with Gasteiger partial charge in [-0.3, -0.25) is 14.9 Å². The number of esters is 1. The van der Waals surface area contributed by atoms with Gasteiger partial charge in [0.2, 0.25) is 0 Å². The minimum Gasteiger partial charge on any atom is -0.467 e. The van der Waals surface area contributed by atoms with Gasteiger partial charge in [0, 0.05) is 35.8 Å². The molecule has 1 aliphatic rings. The van der Waals surface area contributed by atoms with Crippen LogP contribution in [-0.2, 0) is 14.3 Å². The molecule has 1 unspecified atom stereocenters. The predicted molar refractivity (Wildman–Crippen MR) is 110 cm³/mol. The highest BCUT2D eigenvalue weighted by molar-refractivity contribution is 5.91. The number of hydrogen-bond donors (Lipinski definition) is 0. The molecule has 1 saturated heterocycles. The number of nitrogens with zero attached hydrogens (tertiary/aromatic N) is 3. The van der Waals surface area contributed by atoms with E-state index in [1.54, 1.807) is 23.2 Å². The molecule has 0 radical (unpaired) electrons. The fourth-order valence-corrected chi connectivity index (χ4v) is 4.12. The maximum atomic E-state index is 13.7. The molecule has 2 atom stereocenters. The van der Waals surface area contributed by atoms with Gasteiger partial charge in [-0.15, -0.1) is 0 Å². The first-order valence-corrected chi connectivity index (χ1v) is 9.69. The van der Waals surface area contributed by atoms with Crippen LogP contribution < -0.4 is 0 Å². The van der Waals surface area contributed by atoms with E-state index < -0.39 is 23.0 Å². The van der Waals surface area contributed by atoms with Crippen molar-refractivity contribution in [1.29, 1.82) is 0 Å². The van der Waals surface area contributed by atoms with E-state index in [9.17, 15) is 19.7 Å². The third kappa shape index (κ3) is 3.41. The molecule has 8 nitrogen and oxygen atoms in total. The minimum atomic E-state index is -0.699. The maximum Gasteiger partial charge on any atom is 0.328 e. The van der Waals surface area contributed by atoms with E-state index in [-0.39, 0.29) is 11.6 Å². The molecule has 1 aromatic heterocycles. The highest BCUT2D eigenvalue weighted by atomic mass is 16.6. The van der Waals surface area contributed by atoms with Crippen LogP contribution >= 0.6 is 0 Å². The number of carbonyl (C=O) groups excluding carboxylic acids is 2. The molecule has 30 heavy (non-hydrogen) atoms. The van der Waals surface area contributed by atoms with Crippen molar-refractivity contribution in [1.82, 2.24) is 9.47 Å². The standard InChI is InChI=1S/C22H21N3O5/c1-30-22(27)19-8-5-12-24(19)21(26)20(15-6-3-2-4-7-15)23-13-11-16-14-17(25(28)29)9-10-18(16)23/h2-4,6-7,9-11,13-14,19-20H,5,8,12H2,1H3/t19-,20?/m0/s1. The fourth-order valence-electron chi connectivity index (χ4n) is 4.12. The topological polar surface area (TPSA) is 94.7 Å². The molecular weight excluding hydrogens is 386 g/mol. The summed E-state index contributed by atoms with van der Waals surface area (Å²) in [6.07, 6.45) is 3.05. The van der Waals surface area contributed by atoms with E-state index in [2.05, 4.69) is 0 Å². The highest BCUT2D eigenvalue weighted by Gasteiger charge is 2.39. The lowest BCUT2D eigenvalue weighted by molar-refractivity contribution is -0.384. The molecule has 0 spiro atoms. The van der Waals surface area contributed by atoms with Gasteiger partial charge in [0.15, 0.2) is 0 Å². The van der Waals surface area contributed by atoms with Gasteiger partial charge >= 0.3 is 5.97 Å². The average molecular weight is 407 g/mol. The lowest BCUT2D eigenvalue weighted by atomic mass is 10.0. The zero-order valence-corrected chi connectivity index (χ0v) is 16.4. The van der Waals surface area contributed by atoms with Crippen molar-refractivity contribution in [3.05, 3.63) is 76.5 Å². The number of nitro groups is 1. The van der Waals surface area contributed by atoms with Crippen LogP contribution in [0.3, 0.4) is 0 Å². The first kappa shape index (κ1) is 19.6. The zero-order valence-electron chi connectivity index (χ0n) is 16.4. The Hall–Kier alpha value is -3.68. The fraction of sp³-hybridized carbons (Fsp3) is 0.273. The number of non-ortho nitro benzene ring substituents is 1. The van der Waals surface area contributed by atoms with Crippen molar-refractivity contribution in [3.8, 4) is 0 Å². The SMILES string of the molecule is COC(=O)[C@@H]1CCCN1C(=O)C(c1ccccc1)n1ccc2cc([N+](=O)[O-])ccc21. The number of aromatic nitrogens is 1. The third-order valence-corrected chi connectivity index (χ3v) is 5.55. The van der Waals surface area contributed by atoms with Gasteiger partial charge in [0.05, 0.1) is 12.0 Å². The molecule has 0 aliphatic carbocycles. The molecule has 2 heterocycles. The Morgan fingerprint density at radius 1 is 1.17 bits per heavy atom. The number of benzene rings is 2. The smallest absolute Gasteiger partial charge is 0.328 e. The van der Waals surface area contributed by atoms with E-state index in [1.807, 2.05) is 34.9 Å². The molecule has 0 bridgehead atoms. The predicted octanol–water partition coefficient (Wildman–Crippen LogP) is 3.30. The Balaban J connectivity index is 1.80. The van der Waals surface area contributed by atoms with E-state index in [0.717, 1.165) is 12.0 Å². The van der Waals surface area contributed by atoms with Crippen molar-refractivity contribution in [2.24, 2.45) is 0 Å². The van der Waals surface area contributed by atoms with Crippen LogP contribution in [0.15, 0.2) is 60.8 Å². The van der Waals surface area contributed by atoms with Crippen molar-refractivity contribution >= 4 is 28.5 Å². The van der Waals surface area contributed by atoms with Gasteiger partial charge in [0.25, 0.3) is 11.6 Å². The van der Waals surface area contributed by atoms with Crippen molar-refractivity contribution in [2.75, 3.05) is 13.7 Å². The second-order valence-electron chi connectivity index (χ2n) is 7.25. The molecule has 1 aliphatic heterocycles. The van der Waals surface area contributed by atoms with Gasteiger partial charge in [0.1, 0.15) is 12.1 Å². The summed E-state index contributed by atoms with van der Waals surface area (Å²) in [5.41, 5.74) is 1.47. The number of nitro benzene ring substituents is 1. The number of carbonyl (C=O) groups is 2. The molecule has 3 aromatic rings. The number of hydrogen-bond acceptors (Lipinski definition) is 5. The summed E-state index contributed by atoms with van der Waals surface area (Å²) in [5.74, 6) is -0.620. The molecule has 4 rings (SSSR count). The lowest BCUT2D eigenvalue weighted by Gasteiger charge is -2.29. The second-order valence-corrected chi connectivity index (χ2v) is 7.25. The minimum absolute atomic E-state index is 0.00636. The Morgan fingerprint density at radius 3 is 2.63 bits per heavy atom. The van der Waals surface area contributed by atoms with E-state index in [1.165, 1.54) is 19.2 Å². The summed E-state index contributed by atoms with van der Waals surface area (Å²) in [7, 11) is 1.32. The number of amides is 1. The number of fused-ring (bicyclic) bond motifs is 1. The second kappa shape index (κ2) is 7.98. The van der Waals surface area contributed by atoms with Crippen LogP contribution in [0, 0.1) is 10.1 Å². The van der Waals surface area contributed by atoms with Gasteiger partial charge in [-0.2, -0.15) is 0 Å². The zero-order chi connectivity index (χ0) is 21.3. The molecule has 1 amide bonds. The van der Waals surface area contributed by atoms with Crippen molar-refractivity contribution in [2.45, 2.75) is 24.9 Å². The summed E-state index contributed by atoms with van der Waals surface area (Å²) >= 11 is 0. The lowest BCUT2D eigenvalue weighted by Crippen LogP contribution is -2.44. The van der Waals surface area contributed by atoms with Crippen LogP contribution in [0.25, 0.3) is 10.9 Å². The first-order valence-electron chi connectivity index (χ1n) is 9.69. The molecule has 1 fully saturated rings. The molecule has 2 aromatic carbocycles. The van der Waals surface area contributed by atoms with Gasteiger partial charge in [-0.25, -0.2) is 4.79 Å². The summed E-state index contributed by atoms with van der Waals surface area (Å²) in [5, 5.41) is 11.8. The highest BCUT2D eigenvalue weighted by Crippen LogP contribution is 2.31. The van der Waals surface area contributed by atoms with Gasteiger partial charge < -0.3 is 14.2 Å². The van der Waals surface area contributed by atoms with Gasteiger partial charge in [-0.05, 0) is 30.5 Å². The van der Waals surface area contributed by atoms with Crippen molar-refractivity contribution < 1.29 is 19.2 Å². The van der Waals surface area contributed by atoms with Gasteiger partial charge in [-0.1, -0.05) is 30.3 Å². The third-order valence-electron chi connectivity index (χ3n) is 5.55. The van der Waals surface area contributed by atoms with E-state index in [0.29, 0.717) is 23.9 Å². The van der Waals surface area contributed by atoms with Crippen LogP contribution in [0.5, 0.6) is 0 Å². The molecule has 0 saturated carbocycles. The number of ether oxygens (including phenoxy) is 1. The summed E-state index contributed by atoms with van der Waals surface area (Å²) in [6, 6.07) is 14.3. The molecule has 154 valence electrons. The quantitative estimate of drug-likeness (QED) is 0.367. The van der Waals surface area contributed by atoms with E-state index in [4.69, 9.17) is 4.74 Å². The summed E-state index contributed by atoms with van der Waals surface area (Å²) in [4.78, 5) is 38.1. The normalized spacial score (nSPS) is 17.1. The monoisotopic (exact) mass is 407 g/mol. The molecular formula is C22H21N3O5. The summed E-state index contributed by atoms with van der Waals surface area (Å²) in [6.45, 7) is 0.479. The van der Waals surface area contributed by atoms with Crippen LogP contribution in [-0.4, -0.2) is 46.0 Å². The Bertz CT molecular complexity index is 1110. The van der Waals surface area contributed by atoms with Crippen molar-refractivity contribution in [3.63, 3.8) is 0 Å². The average Bonchev–Trinajstić information content (AvgIpc) is 3.41. The number of likely N-dealkylation sites (tertiary alicyclic amines) is 1. The van der Waals surface area contributed by atoms with E-state index >= 15 is 0 Å².